The summed E-state index contributed by atoms with van der Waals surface area (Å²) in [6.07, 6.45) is 0. The Morgan fingerprint density at radius 3 is 2.43 bits per heavy atom. The molecule has 0 bridgehead atoms. The highest BCUT2D eigenvalue weighted by Crippen LogP contribution is 2.24. The SMILES string of the molecule is N#Cc1ccc(Cl)c(NC(=O)c2cc(F)c(N)c(F)c2)c1. The Hall–Kier alpha value is -2.65. The lowest BCUT2D eigenvalue weighted by Gasteiger charge is -2.08. The van der Waals surface area contributed by atoms with Gasteiger partial charge in [-0.15, -0.1) is 0 Å². The molecule has 106 valence electrons. The van der Waals surface area contributed by atoms with Gasteiger partial charge in [-0.1, -0.05) is 11.6 Å². The van der Waals surface area contributed by atoms with Gasteiger partial charge in [0.1, 0.15) is 17.3 Å². The number of rotatable bonds is 2. The lowest BCUT2D eigenvalue weighted by atomic mass is 10.1. The maximum Gasteiger partial charge on any atom is 0.255 e. The Labute approximate surface area is 123 Å². The molecule has 0 aliphatic heterocycles. The van der Waals surface area contributed by atoms with E-state index in [2.05, 4.69) is 5.32 Å². The number of nitriles is 1. The van der Waals surface area contributed by atoms with Crippen LogP contribution in [0.3, 0.4) is 0 Å². The van der Waals surface area contributed by atoms with Crippen LogP contribution < -0.4 is 11.1 Å². The van der Waals surface area contributed by atoms with Gasteiger partial charge in [-0.25, -0.2) is 8.78 Å². The Balaban J connectivity index is 2.33. The predicted molar refractivity (Wildman–Crippen MR) is 74.9 cm³/mol. The first-order chi connectivity index (χ1) is 9.92. The fraction of sp³-hybridized carbons (Fsp3) is 0. The van der Waals surface area contributed by atoms with Crippen molar-refractivity contribution in [2.24, 2.45) is 0 Å². The maximum atomic E-state index is 13.3. The number of amides is 1. The summed E-state index contributed by atoms with van der Waals surface area (Å²) in [6.45, 7) is 0. The third-order valence-corrected chi connectivity index (χ3v) is 3.01. The molecule has 0 saturated carbocycles. The highest BCUT2D eigenvalue weighted by Gasteiger charge is 2.14. The minimum atomic E-state index is -1.03. The maximum absolute atomic E-state index is 13.3. The molecule has 4 nitrogen and oxygen atoms in total. The van der Waals surface area contributed by atoms with Gasteiger partial charge in [-0.2, -0.15) is 5.26 Å². The molecular weight excluding hydrogens is 300 g/mol. The molecule has 0 aromatic heterocycles. The van der Waals surface area contributed by atoms with E-state index in [1.807, 2.05) is 6.07 Å². The second-order valence-corrected chi connectivity index (χ2v) is 4.52. The van der Waals surface area contributed by atoms with Crippen molar-refractivity contribution in [3.05, 3.63) is 58.1 Å². The van der Waals surface area contributed by atoms with Gasteiger partial charge in [0, 0.05) is 5.56 Å². The minimum absolute atomic E-state index is 0.165. The van der Waals surface area contributed by atoms with E-state index in [-0.39, 0.29) is 21.8 Å². The van der Waals surface area contributed by atoms with Gasteiger partial charge in [-0.05, 0) is 30.3 Å². The van der Waals surface area contributed by atoms with E-state index in [9.17, 15) is 13.6 Å². The van der Waals surface area contributed by atoms with Gasteiger partial charge in [-0.3, -0.25) is 4.79 Å². The van der Waals surface area contributed by atoms with Crippen LogP contribution in [-0.2, 0) is 0 Å². The third kappa shape index (κ3) is 3.09. The monoisotopic (exact) mass is 307 g/mol. The molecule has 21 heavy (non-hydrogen) atoms. The van der Waals surface area contributed by atoms with Gasteiger partial charge in [0.15, 0.2) is 0 Å². The molecular formula is C14H8ClF2N3O. The van der Waals surface area contributed by atoms with E-state index in [4.69, 9.17) is 22.6 Å². The van der Waals surface area contributed by atoms with Crippen molar-refractivity contribution in [2.75, 3.05) is 11.1 Å². The zero-order chi connectivity index (χ0) is 15.6. The first-order valence-electron chi connectivity index (χ1n) is 5.68. The number of hydrogen-bond acceptors (Lipinski definition) is 3. The van der Waals surface area contributed by atoms with E-state index in [1.54, 1.807) is 0 Å². The topological polar surface area (TPSA) is 78.9 Å². The van der Waals surface area contributed by atoms with Crippen LogP contribution in [-0.4, -0.2) is 5.91 Å². The fourth-order valence-corrected chi connectivity index (χ4v) is 1.77. The number of carbonyl (C=O) groups excluding carboxylic acids is 1. The fourth-order valence-electron chi connectivity index (χ4n) is 1.60. The average molecular weight is 308 g/mol. The van der Waals surface area contributed by atoms with E-state index >= 15 is 0 Å². The normalized spacial score (nSPS) is 10.0. The van der Waals surface area contributed by atoms with Crippen LogP contribution in [0.1, 0.15) is 15.9 Å². The number of halogens is 3. The number of nitrogens with one attached hydrogen (secondary N) is 1. The van der Waals surface area contributed by atoms with Gasteiger partial charge in [0.05, 0.1) is 22.3 Å². The number of hydrogen-bond donors (Lipinski definition) is 2. The quantitative estimate of drug-likeness (QED) is 0.835. The summed E-state index contributed by atoms with van der Waals surface area (Å²) in [5, 5.41) is 11.4. The number of anilines is 2. The van der Waals surface area contributed by atoms with E-state index in [1.165, 1.54) is 18.2 Å². The van der Waals surface area contributed by atoms with E-state index in [0.717, 1.165) is 12.1 Å². The van der Waals surface area contributed by atoms with Gasteiger partial charge < -0.3 is 11.1 Å². The molecule has 0 saturated heterocycles. The number of nitrogen functional groups attached to an aromatic ring is 1. The standard InChI is InChI=1S/C14H8ClF2N3O/c15-9-2-1-7(6-18)3-12(9)20-14(21)8-4-10(16)13(19)11(17)5-8/h1-5H,19H2,(H,20,21). The molecule has 0 spiro atoms. The highest BCUT2D eigenvalue weighted by atomic mass is 35.5. The summed E-state index contributed by atoms with van der Waals surface area (Å²) < 4.78 is 26.6. The molecule has 0 unspecified atom stereocenters. The van der Waals surface area contributed by atoms with Crippen molar-refractivity contribution in [2.45, 2.75) is 0 Å². The molecule has 0 heterocycles. The van der Waals surface area contributed by atoms with Crippen molar-refractivity contribution in [3.8, 4) is 6.07 Å². The van der Waals surface area contributed by atoms with Crippen molar-refractivity contribution >= 4 is 28.9 Å². The molecule has 2 rings (SSSR count). The number of nitrogens with zero attached hydrogens (tertiary/aromatic N) is 1. The lowest BCUT2D eigenvalue weighted by molar-refractivity contribution is 0.102. The van der Waals surface area contributed by atoms with Crippen molar-refractivity contribution < 1.29 is 13.6 Å². The highest BCUT2D eigenvalue weighted by molar-refractivity contribution is 6.34. The third-order valence-electron chi connectivity index (χ3n) is 2.68. The van der Waals surface area contributed by atoms with Crippen LogP contribution in [0.5, 0.6) is 0 Å². The van der Waals surface area contributed by atoms with Crippen LogP contribution in [0.2, 0.25) is 5.02 Å². The molecule has 0 radical (unpaired) electrons. The molecule has 3 N–H and O–H groups in total. The zero-order valence-electron chi connectivity index (χ0n) is 10.5. The van der Waals surface area contributed by atoms with Gasteiger partial charge >= 0.3 is 0 Å². The molecule has 0 atom stereocenters. The van der Waals surface area contributed by atoms with E-state index < -0.39 is 23.2 Å². The van der Waals surface area contributed by atoms with E-state index in [0.29, 0.717) is 0 Å². The number of carbonyl (C=O) groups is 1. The van der Waals surface area contributed by atoms with Crippen LogP contribution in [0.25, 0.3) is 0 Å². The summed E-state index contributed by atoms with van der Waals surface area (Å²) in [7, 11) is 0. The second-order valence-electron chi connectivity index (χ2n) is 4.11. The molecule has 0 aliphatic carbocycles. The van der Waals surface area contributed by atoms with Crippen molar-refractivity contribution in [3.63, 3.8) is 0 Å². The molecule has 0 aliphatic rings. The smallest absolute Gasteiger partial charge is 0.255 e. The van der Waals surface area contributed by atoms with Gasteiger partial charge in [0.25, 0.3) is 5.91 Å². The first kappa shape index (κ1) is 14.8. The Morgan fingerprint density at radius 2 is 1.86 bits per heavy atom. The van der Waals surface area contributed by atoms with Crippen LogP contribution in [0, 0.1) is 23.0 Å². The molecule has 2 aromatic carbocycles. The largest absolute Gasteiger partial charge is 0.394 e. The molecule has 1 amide bonds. The van der Waals surface area contributed by atoms with Crippen LogP contribution in [0.4, 0.5) is 20.2 Å². The van der Waals surface area contributed by atoms with Crippen LogP contribution >= 0.6 is 11.6 Å². The summed E-state index contributed by atoms with van der Waals surface area (Å²) in [6, 6.07) is 7.77. The molecule has 2 aromatic rings. The van der Waals surface area contributed by atoms with Gasteiger partial charge in [0.2, 0.25) is 0 Å². The Morgan fingerprint density at radius 1 is 1.24 bits per heavy atom. The zero-order valence-corrected chi connectivity index (χ0v) is 11.2. The summed E-state index contributed by atoms with van der Waals surface area (Å²) >= 11 is 5.88. The van der Waals surface area contributed by atoms with Crippen molar-refractivity contribution in [1.82, 2.24) is 0 Å². The second kappa shape index (κ2) is 5.77. The summed E-state index contributed by atoms with van der Waals surface area (Å²) in [5.41, 5.74) is 4.66. The Bertz CT molecular complexity index is 748. The number of benzene rings is 2. The molecule has 7 heteroatoms. The van der Waals surface area contributed by atoms with Crippen molar-refractivity contribution in [1.29, 1.82) is 5.26 Å². The summed E-state index contributed by atoms with van der Waals surface area (Å²) in [4.78, 5) is 12.0. The number of nitrogens with two attached hydrogens (primary N) is 1. The summed E-state index contributed by atoms with van der Waals surface area (Å²) in [5.74, 6) is -2.83. The minimum Gasteiger partial charge on any atom is -0.394 e. The Kier molecular flexibility index (Phi) is 4.05. The molecule has 0 fully saturated rings. The average Bonchev–Trinajstić information content (AvgIpc) is 2.46. The lowest BCUT2D eigenvalue weighted by Crippen LogP contribution is -2.13. The first-order valence-corrected chi connectivity index (χ1v) is 6.05. The van der Waals surface area contributed by atoms with Crippen LogP contribution in [0.15, 0.2) is 30.3 Å². The predicted octanol–water partition coefficient (Wildman–Crippen LogP) is 3.32.